The summed E-state index contributed by atoms with van der Waals surface area (Å²) in [5.74, 6) is -0.412. The van der Waals surface area contributed by atoms with E-state index in [2.05, 4.69) is 10.3 Å². The van der Waals surface area contributed by atoms with E-state index in [-0.39, 0.29) is 24.3 Å². The summed E-state index contributed by atoms with van der Waals surface area (Å²) in [6, 6.07) is 11.9. The van der Waals surface area contributed by atoms with Gasteiger partial charge in [-0.25, -0.2) is 4.98 Å². The highest BCUT2D eigenvalue weighted by atomic mass is 16.2. The van der Waals surface area contributed by atoms with Crippen LogP contribution in [0.15, 0.2) is 42.5 Å². The van der Waals surface area contributed by atoms with Crippen LogP contribution in [0.2, 0.25) is 0 Å². The lowest BCUT2D eigenvalue weighted by Crippen LogP contribution is -2.30. The van der Waals surface area contributed by atoms with Crippen LogP contribution in [0.4, 0.5) is 5.82 Å². The van der Waals surface area contributed by atoms with E-state index >= 15 is 0 Å². The molecule has 0 spiro atoms. The fourth-order valence-corrected chi connectivity index (χ4v) is 2.49. The molecule has 1 aliphatic heterocycles. The lowest BCUT2D eigenvalue weighted by atomic mass is 9.96. The second-order valence-electron chi connectivity index (χ2n) is 6.96. The Balaban J connectivity index is 1.79. The van der Waals surface area contributed by atoms with E-state index in [1.807, 2.05) is 20.8 Å². The van der Waals surface area contributed by atoms with Crippen molar-refractivity contribution in [3.8, 4) is 0 Å². The Kier molecular flexibility index (Phi) is 4.12. The summed E-state index contributed by atoms with van der Waals surface area (Å²) in [5, 5.41) is 2.75. The summed E-state index contributed by atoms with van der Waals surface area (Å²) < 4.78 is 0. The molecule has 1 N–H and O–H groups in total. The third-order valence-corrected chi connectivity index (χ3v) is 3.93. The quantitative estimate of drug-likeness (QED) is 0.874. The summed E-state index contributed by atoms with van der Waals surface area (Å²) in [5.41, 5.74) is 0.802. The summed E-state index contributed by atoms with van der Waals surface area (Å²) in [6.07, 6.45) is 0. The Morgan fingerprint density at radius 1 is 1.00 bits per heavy atom. The molecule has 1 aliphatic rings. The van der Waals surface area contributed by atoms with Gasteiger partial charge in [-0.3, -0.25) is 19.3 Å². The van der Waals surface area contributed by atoms with Crippen LogP contribution in [-0.2, 0) is 11.3 Å². The monoisotopic (exact) mass is 337 g/mol. The van der Waals surface area contributed by atoms with Crippen LogP contribution in [0.3, 0.4) is 0 Å². The third-order valence-electron chi connectivity index (χ3n) is 3.93. The summed E-state index contributed by atoms with van der Waals surface area (Å²) in [4.78, 5) is 42.4. The molecular weight excluding hydrogens is 318 g/mol. The molecule has 1 aromatic heterocycles. The molecule has 1 aromatic carbocycles. The number of benzene rings is 1. The van der Waals surface area contributed by atoms with Crippen LogP contribution in [-0.4, -0.2) is 27.6 Å². The van der Waals surface area contributed by atoms with Crippen molar-refractivity contribution in [1.82, 2.24) is 9.88 Å². The Hall–Kier alpha value is -3.02. The maximum Gasteiger partial charge on any atom is 0.261 e. The molecule has 25 heavy (non-hydrogen) atoms. The van der Waals surface area contributed by atoms with Crippen molar-refractivity contribution in [3.63, 3.8) is 0 Å². The van der Waals surface area contributed by atoms with Crippen molar-refractivity contribution in [2.24, 2.45) is 5.41 Å². The second-order valence-corrected chi connectivity index (χ2v) is 6.96. The van der Waals surface area contributed by atoms with Gasteiger partial charge in [0.05, 0.1) is 23.4 Å². The third kappa shape index (κ3) is 3.28. The molecule has 6 heteroatoms. The van der Waals surface area contributed by atoms with E-state index in [4.69, 9.17) is 0 Å². The van der Waals surface area contributed by atoms with Gasteiger partial charge in [-0.15, -0.1) is 0 Å². The summed E-state index contributed by atoms with van der Waals surface area (Å²) >= 11 is 0. The lowest BCUT2D eigenvalue weighted by Gasteiger charge is -2.18. The maximum atomic E-state index is 12.4. The zero-order chi connectivity index (χ0) is 18.2. The molecule has 0 saturated heterocycles. The predicted molar refractivity (Wildman–Crippen MR) is 93.0 cm³/mol. The van der Waals surface area contributed by atoms with Gasteiger partial charge < -0.3 is 5.32 Å². The Bertz CT molecular complexity index is 833. The highest BCUT2D eigenvalue weighted by molar-refractivity contribution is 6.21. The van der Waals surface area contributed by atoms with Gasteiger partial charge in [0.2, 0.25) is 5.91 Å². The van der Waals surface area contributed by atoms with Gasteiger partial charge in [-0.05, 0) is 24.3 Å². The molecule has 0 unspecified atom stereocenters. The normalized spacial score (nSPS) is 13.8. The molecule has 0 aliphatic carbocycles. The van der Waals surface area contributed by atoms with Crippen molar-refractivity contribution in [1.29, 1.82) is 0 Å². The molecule has 0 radical (unpaired) electrons. The van der Waals surface area contributed by atoms with Crippen LogP contribution in [0, 0.1) is 5.41 Å². The van der Waals surface area contributed by atoms with Gasteiger partial charge in [0.25, 0.3) is 11.8 Å². The number of anilines is 1. The van der Waals surface area contributed by atoms with Gasteiger partial charge in [-0.2, -0.15) is 0 Å². The highest BCUT2D eigenvalue weighted by Gasteiger charge is 2.35. The van der Waals surface area contributed by atoms with Crippen molar-refractivity contribution in [3.05, 3.63) is 59.3 Å². The number of hydrogen-bond acceptors (Lipinski definition) is 4. The molecule has 0 saturated carbocycles. The van der Waals surface area contributed by atoms with Gasteiger partial charge >= 0.3 is 0 Å². The van der Waals surface area contributed by atoms with Gasteiger partial charge in [-0.1, -0.05) is 39.0 Å². The zero-order valence-corrected chi connectivity index (χ0v) is 14.4. The first-order chi connectivity index (χ1) is 11.8. The molecule has 128 valence electrons. The second kappa shape index (κ2) is 6.12. The molecular formula is C19H19N3O3. The number of amides is 3. The number of pyridine rings is 1. The lowest BCUT2D eigenvalue weighted by molar-refractivity contribution is -0.123. The average Bonchev–Trinajstić information content (AvgIpc) is 2.80. The zero-order valence-electron chi connectivity index (χ0n) is 14.4. The summed E-state index contributed by atoms with van der Waals surface area (Å²) in [7, 11) is 0. The van der Waals surface area contributed by atoms with Crippen LogP contribution < -0.4 is 5.32 Å². The summed E-state index contributed by atoms with van der Waals surface area (Å²) in [6.45, 7) is 5.49. The van der Waals surface area contributed by atoms with Crippen LogP contribution in [0.25, 0.3) is 0 Å². The van der Waals surface area contributed by atoms with Gasteiger partial charge in [0, 0.05) is 5.41 Å². The molecule has 0 fully saturated rings. The molecule has 2 aromatic rings. The first-order valence-electron chi connectivity index (χ1n) is 8.00. The predicted octanol–water partition coefficient (Wildman–Crippen LogP) is 2.86. The van der Waals surface area contributed by atoms with E-state index in [0.29, 0.717) is 22.6 Å². The average molecular weight is 337 g/mol. The first-order valence-corrected chi connectivity index (χ1v) is 8.00. The molecule has 3 rings (SSSR count). The van der Waals surface area contributed by atoms with Crippen LogP contribution in [0.1, 0.15) is 47.2 Å². The molecule has 3 amide bonds. The molecule has 6 nitrogen and oxygen atoms in total. The number of carbonyl (C=O) groups excluding carboxylic acids is 3. The van der Waals surface area contributed by atoms with E-state index in [1.165, 1.54) is 4.90 Å². The van der Waals surface area contributed by atoms with Crippen molar-refractivity contribution < 1.29 is 14.4 Å². The number of carbonyl (C=O) groups is 3. The maximum absolute atomic E-state index is 12.4. The number of fused-ring (bicyclic) bond motifs is 1. The SMILES string of the molecule is CC(C)(C)C(=O)Nc1cccc(CN2C(=O)c3ccccc3C2=O)n1. The van der Waals surface area contributed by atoms with Gasteiger partial charge in [0.1, 0.15) is 5.82 Å². The minimum Gasteiger partial charge on any atom is -0.310 e. The van der Waals surface area contributed by atoms with Crippen molar-refractivity contribution in [2.75, 3.05) is 5.32 Å². The largest absolute Gasteiger partial charge is 0.310 e. The Morgan fingerprint density at radius 2 is 1.60 bits per heavy atom. The minimum absolute atomic E-state index is 0.0611. The van der Waals surface area contributed by atoms with E-state index in [9.17, 15) is 14.4 Å². The van der Waals surface area contributed by atoms with E-state index in [1.54, 1.807) is 42.5 Å². The van der Waals surface area contributed by atoms with E-state index < -0.39 is 5.41 Å². The number of aromatic nitrogens is 1. The number of imide groups is 1. The topological polar surface area (TPSA) is 79.4 Å². The molecule has 0 atom stereocenters. The molecule has 0 bridgehead atoms. The van der Waals surface area contributed by atoms with E-state index in [0.717, 1.165) is 0 Å². The fourth-order valence-electron chi connectivity index (χ4n) is 2.49. The van der Waals surface area contributed by atoms with Gasteiger partial charge in [0.15, 0.2) is 0 Å². The van der Waals surface area contributed by atoms with Crippen LogP contribution >= 0.6 is 0 Å². The van der Waals surface area contributed by atoms with Crippen molar-refractivity contribution >= 4 is 23.5 Å². The smallest absolute Gasteiger partial charge is 0.261 e. The van der Waals surface area contributed by atoms with Crippen LogP contribution in [0.5, 0.6) is 0 Å². The number of rotatable bonds is 3. The molecule has 2 heterocycles. The highest BCUT2D eigenvalue weighted by Crippen LogP contribution is 2.24. The standard InChI is InChI=1S/C19H19N3O3/c1-19(2,3)18(25)21-15-10-6-7-12(20-15)11-22-16(23)13-8-4-5-9-14(13)17(22)24/h4-10H,11H2,1-3H3,(H,20,21,25). The Morgan fingerprint density at radius 3 is 2.16 bits per heavy atom. The fraction of sp³-hybridized carbons (Fsp3) is 0.263. The Labute approximate surface area is 145 Å². The number of hydrogen-bond donors (Lipinski definition) is 1. The minimum atomic E-state index is -0.541. The number of nitrogens with zero attached hydrogens (tertiary/aromatic N) is 2. The van der Waals surface area contributed by atoms with Crippen molar-refractivity contribution in [2.45, 2.75) is 27.3 Å². The number of nitrogens with one attached hydrogen (secondary N) is 1. The first kappa shape index (κ1) is 16.8.